The van der Waals surface area contributed by atoms with Crippen molar-refractivity contribution in [3.8, 4) is 0 Å². The molecule has 0 saturated carbocycles. The maximum absolute atomic E-state index is 12.6. The summed E-state index contributed by atoms with van der Waals surface area (Å²) in [7, 11) is 0. The van der Waals surface area contributed by atoms with Crippen molar-refractivity contribution in [2.75, 3.05) is 11.9 Å². The molecule has 0 bridgehead atoms. The van der Waals surface area contributed by atoms with Gasteiger partial charge in [0.1, 0.15) is 4.32 Å². The Balaban J connectivity index is 1.59. The number of hydrogen-bond donors (Lipinski definition) is 1. The first-order valence-corrected chi connectivity index (χ1v) is 10.6. The topological polar surface area (TPSA) is 49.4 Å². The molecule has 2 aromatic carbocycles. The summed E-state index contributed by atoms with van der Waals surface area (Å²) in [6.07, 6.45) is 2.03. The molecular weight excluding hydrogens is 491 g/mol. The average molecular weight is 508 g/mol. The fourth-order valence-electron chi connectivity index (χ4n) is 2.48. The molecule has 1 heterocycles. The van der Waals surface area contributed by atoms with Gasteiger partial charge in [0, 0.05) is 22.2 Å². The number of halogens is 1. The van der Waals surface area contributed by atoms with Gasteiger partial charge in [0.15, 0.2) is 0 Å². The van der Waals surface area contributed by atoms with E-state index in [4.69, 9.17) is 12.2 Å². The third kappa shape index (κ3) is 5.40. The van der Waals surface area contributed by atoms with E-state index in [-0.39, 0.29) is 24.8 Å². The maximum atomic E-state index is 12.6. The number of nitrogens with zero attached hydrogens (tertiary/aromatic N) is 1. The van der Waals surface area contributed by atoms with Crippen LogP contribution in [0.3, 0.4) is 0 Å². The Morgan fingerprint density at radius 2 is 1.85 bits per heavy atom. The zero-order chi connectivity index (χ0) is 19.4. The first-order chi connectivity index (χ1) is 12.9. The molecule has 3 rings (SSSR count). The van der Waals surface area contributed by atoms with Gasteiger partial charge in [0.05, 0.1) is 4.91 Å². The molecule has 2 aromatic rings. The molecule has 0 aromatic heterocycles. The van der Waals surface area contributed by atoms with Gasteiger partial charge < -0.3 is 5.32 Å². The number of thiocarbonyl (C=S) groups is 1. The SMILES string of the molecule is Cc1ccc(C=C2SC(=S)N(CCC(=O)Nc3ccc(I)cc3)C2=O)cc1. The Bertz CT molecular complexity index is 909. The minimum atomic E-state index is -0.146. The number of carbonyl (C=O) groups excluding carboxylic acids is 2. The number of amides is 2. The van der Waals surface area contributed by atoms with Crippen LogP contribution in [-0.2, 0) is 9.59 Å². The fraction of sp³-hybridized carbons (Fsp3) is 0.150. The van der Waals surface area contributed by atoms with Gasteiger partial charge in [-0.1, -0.05) is 53.8 Å². The van der Waals surface area contributed by atoms with Gasteiger partial charge >= 0.3 is 0 Å². The Morgan fingerprint density at radius 1 is 1.19 bits per heavy atom. The summed E-state index contributed by atoms with van der Waals surface area (Å²) in [4.78, 5) is 26.8. The molecule has 27 heavy (non-hydrogen) atoms. The van der Waals surface area contributed by atoms with Gasteiger partial charge in [-0.25, -0.2) is 0 Å². The molecule has 0 unspecified atom stereocenters. The molecule has 1 aliphatic heterocycles. The summed E-state index contributed by atoms with van der Waals surface area (Å²) >= 11 is 8.81. The molecule has 2 amide bonds. The molecule has 1 saturated heterocycles. The lowest BCUT2D eigenvalue weighted by Gasteiger charge is -2.14. The average Bonchev–Trinajstić information content (AvgIpc) is 2.90. The largest absolute Gasteiger partial charge is 0.326 e. The van der Waals surface area contributed by atoms with Crippen LogP contribution in [0.4, 0.5) is 5.69 Å². The van der Waals surface area contributed by atoms with E-state index in [1.807, 2.05) is 61.5 Å². The number of rotatable bonds is 5. The molecule has 0 spiro atoms. The van der Waals surface area contributed by atoms with Crippen molar-refractivity contribution >= 4 is 74.5 Å². The van der Waals surface area contributed by atoms with Crippen LogP contribution in [0.1, 0.15) is 17.5 Å². The molecule has 138 valence electrons. The highest BCUT2D eigenvalue weighted by Crippen LogP contribution is 2.32. The van der Waals surface area contributed by atoms with Crippen LogP contribution in [0.5, 0.6) is 0 Å². The maximum Gasteiger partial charge on any atom is 0.266 e. The van der Waals surface area contributed by atoms with Crippen LogP contribution >= 0.6 is 46.6 Å². The van der Waals surface area contributed by atoms with Crippen molar-refractivity contribution in [1.29, 1.82) is 0 Å². The molecule has 0 aliphatic carbocycles. The second-order valence-corrected chi connectivity index (χ2v) is 8.97. The van der Waals surface area contributed by atoms with E-state index < -0.39 is 0 Å². The van der Waals surface area contributed by atoms with E-state index in [1.54, 1.807) is 0 Å². The number of anilines is 1. The van der Waals surface area contributed by atoms with Crippen LogP contribution in [0.15, 0.2) is 53.4 Å². The van der Waals surface area contributed by atoms with Gasteiger partial charge in [-0.05, 0) is 65.4 Å². The zero-order valence-electron chi connectivity index (χ0n) is 14.6. The van der Waals surface area contributed by atoms with Gasteiger partial charge in [-0.3, -0.25) is 14.5 Å². The van der Waals surface area contributed by atoms with E-state index in [2.05, 4.69) is 27.9 Å². The van der Waals surface area contributed by atoms with E-state index in [0.717, 1.165) is 14.8 Å². The lowest BCUT2D eigenvalue weighted by Crippen LogP contribution is -2.31. The second-order valence-electron chi connectivity index (χ2n) is 6.05. The van der Waals surface area contributed by atoms with Crippen molar-refractivity contribution in [3.63, 3.8) is 0 Å². The highest BCUT2D eigenvalue weighted by atomic mass is 127. The van der Waals surface area contributed by atoms with E-state index in [9.17, 15) is 9.59 Å². The minimum absolute atomic E-state index is 0.146. The van der Waals surface area contributed by atoms with Gasteiger partial charge in [0.25, 0.3) is 5.91 Å². The van der Waals surface area contributed by atoms with Crippen molar-refractivity contribution in [2.45, 2.75) is 13.3 Å². The van der Waals surface area contributed by atoms with Crippen LogP contribution < -0.4 is 5.32 Å². The highest BCUT2D eigenvalue weighted by Gasteiger charge is 2.32. The normalized spacial score (nSPS) is 15.5. The summed E-state index contributed by atoms with van der Waals surface area (Å²) in [6, 6.07) is 15.5. The summed E-state index contributed by atoms with van der Waals surface area (Å²) in [6.45, 7) is 2.29. The predicted molar refractivity (Wildman–Crippen MR) is 123 cm³/mol. The van der Waals surface area contributed by atoms with Crippen molar-refractivity contribution in [2.24, 2.45) is 0 Å². The van der Waals surface area contributed by atoms with E-state index in [1.165, 1.54) is 22.2 Å². The first kappa shape index (κ1) is 20.0. The molecule has 1 N–H and O–H groups in total. The molecule has 1 aliphatic rings. The third-order valence-electron chi connectivity index (χ3n) is 3.94. The zero-order valence-corrected chi connectivity index (χ0v) is 18.4. The number of aryl methyl sites for hydroxylation is 1. The number of benzene rings is 2. The monoisotopic (exact) mass is 508 g/mol. The standard InChI is InChI=1S/C20H17IN2O2S2/c1-13-2-4-14(5-3-13)12-17-19(25)23(20(26)27-17)11-10-18(24)22-16-8-6-15(21)7-9-16/h2-9,12H,10-11H2,1H3,(H,22,24). The Hall–Kier alpha value is -1.71. The molecule has 1 fully saturated rings. The fourth-order valence-corrected chi connectivity index (χ4v) is 4.15. The quantitative estimate of drug-likeness (QED) is 0.357. The lowest BCUT2D eigenvalue weighted by molar-refractivity contribution is -0.122. The summed E-state index contributed by atoms with van der Waals surface area (Å²) in [5, 5.41) is 2.83. The molecule has 7 heteroatoms. The molecule has 0 radical (unpaired) electrons. The van der Waals surface area contributed by atoms with Crippen molar-refractivity contribution in [1.82, 2.24) is 4.90 Å². The number of thioether (sulfide) groups is 1. The minimum Gasteiger partial charge on any atom is -0.326 e. The first-order valence-electron chi connectivity index (χ1n) is 8.30. The Kier molecular flexibility index (Phi) is 6.67. The van der Waals surface area contributed by atoms with Gasteiger partial charge in [0.2, 0.25) is 5.91 Å². The number of hydrogen-bond acceptors (Lipinski definition) is 4. The van der Waals surface area contributed by atoms with Crippen molar-refractivity contribution in [3.05, 3.63) is 68.1 Å². The number of carbonyl (C=O) groups is 2. The van der Waals surface area contributed by atoms with Crippen LogP contribution in [0.25, 0.3) is 6.08 Å². The van der Waals surface area contributed by atoms with Gasteiger partial charge in [-0.15, -0.1) is 0 Å². The smallest absolute Gasteiger partial charge is 0.266 e. The molecular formula is C20H17IN2O2S2. The third-order valence-corrected chi connectivity index (χ3v) is 6.04. The lowest BCUT2D eigenvalue weighted by atomic mass is 10.1. The second kappa shape index (κ2) is 8.99. The van der Waals surface area contributed by atoms with Crippen LogP contribution in [-0.4, -0.2) is 27.6 Å². The van der Waals surface area contributed by atoms with Crippen LogP contribution in [0, 0.1) is 10.5 Å². The number of nitrogens with one attached hydrogen (secondary N) is 1. The van der Waals surface area contributed by atoms with E-state index >= 15 is 0 Å². The summed E-state index contributed by atoms with van der Waals surface area (Å²) in [5.74, 6) is -0.291. The molecule has 4 nitrogen and oxygen atoms in total. The summed E-state index contributed by atoms with van der Waals surface area (Å²) in [5.41, 5.74) is 2.86. The Morgan fingerprint density at radius 3 is 2.52 bits per heavy atom. The predicted octanol–water partition coefficient (Wildman–Crippen LogP) is 4.83. The Labute approximate surface area is 181 Å². The highest BCUT2D eigenvalue weighted by molar-refractivity contribution is 14.1. The van der Waals surface area contributed by atoms with Gasteiger partial charge in [-0.2, -0.15) is 0 Å². The van der Waals surface area contributed by atoms with E-state index in [0.29, 0.717) is 9.23 Å². The molecule has 0 atom stereocenters. The van der Waals surface area contributed by atoms with Crippen LogP contribution in [0.2, 0.25) is 0 Å². The van der Waals surface area contributed by atoms with Crippen molar-refractivity contribution < 1.29 is 9.59 Å². The summed E-state index contributed by atoms with van der Waals surface area (Å²) < 4.78 is 1.59.